The van der Waals surface area contributed by atoms with E-state index < -0.39 is 0 Å². The molecule has 0 radical (unpaired) electrons. The molecule has 1 aliphatic rings. The number of aromatic nitrogens is 3. The SMILES string of the molecule is C.Cn1c(=O)cnn(CCCCN2CCN(c3ccc(I)cc3)CC2)c1=O. The average Bonchev–Trinajstić information content (AvgIpc) is 2.66. The average molecular weight is 485 g/mol. The normalized spacial score (nSPS) is 14.8. The van der Waals surface area contributed by atoms with Crippen LogP contribution in [0.15, 0.2) is 40.1 Å². The number of benzene rings is 1. The number of rotatable bonds is 6. The van der Waals surface area contributed by atoms with Crippen LogP contribution >= 0.6 is 22.6 Å². The largest absolute Gasteiger partial charge is 0.369 e. The van der Waals surface area contributed by atoms with Gasteiger partial charge in [-0.05, 0) is 66.2 Å². The van der Waals surface area contributed by atoms with Gasteiger partial charge in [0.25, 0.3) is 5.56 Å². The van der Waals surface area contributed by atoms with Gasteiger partial charge in [0, 0.05) is 49.0 Å². The van der Waals surface area contributed by atoms with Gasteiger partial charge < -0.3 is 4.90 Å². The van der Waals surface area contributed by atoms with E-state index in [1.807, 2.05) is 0 Å². The van der Waals surface area contributed by atoms with Crippen LogP contribution in [-0.2, 0) is 13.6 Å². The standard InChI is InChI=1S/C18H24IN5O2.CH4/c1-21-17(25)14-20-24(18(21)26)9-3-2-8-22-10-12-23(13-11-22)16-6-4-15(19)5-7-16;/h4-7,14H,2-3,8-13H2,1H3;1H4. The quantitative estimate of drug-likeness (QED) is 0.461. The van der Waals surface area contributed by atoms with Crippen LogP contribution in [0.4, 0.5) is 5.69 Å². The first kappa shape index (κ1) is 21.6. The summed E-state index contributed by atoms with van der Waals surface area (Å²) in [4.78, 5) is 28.2. The molecule has 1 aromatic carbocycles. The summed E-state index contributed by atoms with van der Waals surface area (Å²) in [5.74, 6) is 0. The van der Waals surface area contributed by atoms with Gasteiger partial charge in [-0.3, -0.25) is 14.3 Å². The minimum Gasteiger partial charge on any atom is -0.369 e. The fourth-order valence-corrected chi connectivity index (χ4v) is 3.51. The molecule has 0 bridgehead atoms. The van der Waals surface area contributed by atoms with E-state index in [0.29, 0.717) is 6.54 Å². The summed E-state index contributed by atoms with van der Waals surface area (Å²) in [5.41, 5.74) is 0.589. The number of hydrogen-bond donors (Lipinski definition) is 0. The number of anilines is 1. The second-order valence-electron chi connectivity index (χ2n) is 6.56. The Bertz CT molecular complexity index is 838. The van der Waals surface area contributed by atoms with Crippen molar-refractivity contribution < 1.29 is 0 Å². The van der Waals surface area contributed by atoms with Crippen LogP contribution in [0.2, 0.25) is 0 Å². The van der Waals surface area contributed by atoms with E-state index in [4.69, 9.17) is 0 Å². The van der Waals surface area contributed by atoms with Crippen molar-refractivity contribution in [1.29, 1.82) is 0 Å². The molecule has 1 aromatic heterocycles. The van der Waals surface area contributed by atoms with Gasteiger partial charge in [0.2, 0.25) is 0 Å². The zero-order chi connectivity index (χ0) is 18.5. The van der Waals surface area contributed by atoms with Gasteiger partial charge in [0.1, 0.15) is 6.20 Å². The Hall–Kier alpha value is -1.68. The lowest BCUT2D eigenvalue weighted by Crippen LogP contribution is -2.46. The molecule has 3 rings (SSSR count). The topological polar surface area (TPSA) is 63.4 Å². The van der Waals surface area contributed by atoms with Crippen molar-refractivity contribution in [3.63, 3.8) is 0 Å². The second-order valence-corrected chi connectivity index (χ2v) is 7.81. The summed E-state index contributed by atoms with van der Waals surface area (Å²) in [5, 5.41) is 3.92. The summed E-state index contributed by atoms with van der Waals surface area (Å²) in [6.07, 6.45) is 3.09. The van der Waals surface area contributed by atoms with E-state index in [2.05, 4.69) is 61.8 Å². The fourth-order valence-electron chi connectivity index (χ4n) is 3.15. The molecule has 1 fully saturated rings. The van der Waals surface area contributed by atoms with Gasteiger partial charge in [-0.15, -0.1) is 0 Å². The summed E-state index contributed by atoms with van der Waals surface area (Å²) < 4.78 is 3.73. The number of aryl methyl sites for hydroxylation is 1. The van der Waals surface area contributed by atoms with E-state index in [1.54, 1.807) is 0 Å². The number of hydrogen-bond acceptors (Lipinski definition) is 5. The van der Waals surface area contributed by atoms with Crippen molar-refractivity contribution in [3.05, 3.63) is 54.9 Å². The molecule has 148 valence electrons. The predicted molar refractivity (Wildman–Crippen MR) is 118 cm³/mol. The smallest absolute Gasteiger partial charge is 0.347 e. The summed E-state index contributed by atoms with van der Waals surface area (Å²) >= 11 is 2.33. The second kappa shape index (κ2) is 10.0. The van der Waals surface area contributed by atoms with Crippen LogP contribution in [0, 0.1) is 3.57 Å². The Morgan fingerprint density at radius 3 is 2.30 bits per heavy atom. The van der Waals surface area contributed by atoms with E-state index in [0.717, 1.165) is 50.1 Å². The van der Waals surface area contributed by atoms with Gasteiger partial charge in [-0.25, -0.2) is 9.48 Å². The van der Waals surface area contributed by atoms with Gasteiger partial charge in [-0.1, -0.05) is 7.43 Å². The molecule has 0 amide bonds. The van der Waals surface area contributed by atoms with Crippen LogP contribution in [0.3, 0.4) is 0 Å². The highest BCUT2D eigenvalue weighted by molar-refractivity contribution is 14.1. The molecule has 8 heteroatoms. The van der Waals surface area contributed by atoms with Crippen LogP contribution < -0.4 is 16.1 Å². The molecule has 1 saturated heterocycles. The van der Waals surface area contributed by atoms with Crippen molar-refractivity contribution in [3.8, 4) is 0 Å². The number of nitrogens with zero attached hydrogens (tertiary/aromatic N) is 5. The molecule has 0 unspecified atom stereocenters. The predicted octanol–water partition coefficient (Wildman–Crippen LogP) is 1.79. The third-order valence-corrected chi connectivity index (χ3v) is 5.52. The maximum absolute atomic E-state index is 11.9. The first-order chi connectivity index (χ1) is 12.5. The molecule has 1 aliphatic heterocycles. The van der Waals surface area contributed by atoms with Gasteiger partial charge in [0.05, 0.1) is 0 Å². The molecule has 0 spiro atoms. The number of halogens is 1. The molecule has 0 aliphatic carbocycles. The van der Waals surface area contributed by atoms with Gasteiger partial charge in [0.15, 0.2) is 0 Å². The van der Waals surface area contributed by atoms with Gasteiger partial charge >= 0.3 is 5.69 Å². The molecule has 0 atom stereocenters. The van der Waals surface area contributed by atoms with Crippen LogP contribution in [0.25, 0.3) is 0 Å². The Morgan fingerprint density at radius 2 is 1.63 bits per heavy atom. The lowest BCUT2D eigenvalue weighted by atomic mass is 10.2. The summed E-state index contributed by atoms with van der Waals surface area (Å²) in [6.45, 7) is 5.79. The summed E-state index contributed by atoms with van der Waals surface area (Å²) in [6, 6.07) is 8.68. The highest BCUT2D eigenvalue weighted by atomic mass is 127. The monoisotopic (exact) mass is 485 g/mol. The van der Waals surface area contributed by atoms with E-state index in [-0.39, 0.29) is 18.7 Å². The van der Waals surface area contributed by atoms with Crippen molar-refractivity contribution in [2.75, 3.05) is 37.6 Å². The first-order valence-corrected chi connectivity index (χ1v) is 9.98. The molecule has 2 heterocycles. The molecule has 2 aromatic rings. The Balaban J connectivity index is 0.00000261. The molecule has 0 saturated carbocycles. The number of unbranched alkanes of at least 4 members (excludes halogenated alkanes) is 1. The van der Waals surface area contributed by atoms with Crippen LogP contribution in [-0.4, -0.2) is 52.0 Å². The molecule has 7 nitrogen and oxygen atoms in total. The zero-order valence-corrected chi connectivity index (χ0v) is 17.1. The van der Waals surface area contributed by atoms with Gasteiger partial charge in [-0.2, -0.15) is 5.10 Å². The van der Waals surface area contributed by atoms with Crippen molar-refractivity contribution in [2.45, 2.75) is 26.8 Å². The fraction of sp³-hybridized carbons (Fsp3) is 0.526. The Kier molecular flexibility index (Phi) is 8.03. The number of piperazine rings is 1. The lowest BCUT2D eigenvalue weighted by Gasteiger charge is -2.36. The zero-order valence-electron chi connectivity index (χ0n) is 15.0. The molecule has 0 N–H and O–H groups in total. The van der Waals surface area contributed by atoms with Crippen molar-refractivity contribution in [2.24, 2.45) is 7.05 Å². The van der Waals surface area contributed by atoms with Crippen LogP contribution in [0.1, 0.15) is 20.3 Å². The minimum atomic E-state index is -0.364. The van der Waals surface area contributed by atoms with E-state index in [1.165, 1.54) is 27.2 Å². The molecule has 27 heavy (non-hydrogen) atoms. The lowest BCUT2D eigenvalue weighted by molar-refractivity contribution is 0.250. The van der Waals surface area contributed by atoms with E-state index >= 15 is 0 Å². The highest BCUT2D eigenvalue weighted by Crippen LogP contribution is 2.18. The van der Waals surface area contributed by atoms with Crippen molar-refractivity contribution in [1.82, 2.24) is 19.2 Å². The Morgan fingerprint density at radius 1 is 1.00 bits per heavy atom. The third-order valence-electron chi connectivity index (χ3n) is 4.80. The first-order valence-electron chi connectivity index (χ1n) is 8.90. The Labute approximate surface area is 173 Å². The van der Waals surface area contributed by atoms with E-state index in [9.17, 15) is 9.59 Å². The minimum absolute atomic E-state index is 0. The van der Waals surface area contributed by atoms with Crippen LogP contribution in [0.5, 0.6) is 0 Å². The maximum atomic E-state index is 11.9. The van der Waals surface area contributed by atoms with Crippen molar-refractivity contribution >= 4 is 28.3 Å². The highest BCUT2D eigenvalue weighted by Gasteiger charge is 2.16. The third kappa shape index (κ3) is 5.65. The summed E-state index contributed by atoms with van der Waals surface area (Å²) in [7, 11) is 1.48. The maximum Gasteiger partial charge on any atom is 0.347 e. The molecular formula is C19H28IN5O2. The molecular weight excluding hydrogens is 457 g/mol.